The highest BCUT2D eigenvalue weighted by molar-refractivity contribution is 6.32. The molecule has 2 aromatic carbocycles. The zero-order chi connectivity index (χ0) is 12.8. The topological polar surface area (TPSA) is 18.5 Å². The summed E-state index contributed by atoms with van der Waals surface area (Å²) in [7, 11) is 0. The second kappa shape index (κ2) is 6.31. The van der Waals surface area contributed by atoms with Gasteiger partial charge in [-0.2, -0.15) is 0 Å². The molecule has 0 unspecified atom stereocenters. The molecule has 2 rings (SSSR count). The summed E-state index contributed by atoms with van der Waals surface area (Å²) in [6.07, 6.45) is 0. The molecule has 0 spiro atoms. The van der Waals surface area contributed by atoms with Crippen LogP contribution < -0.4 is 9.47 Å². The van der Waals surface area contributed by atoms with Gasteiger partial charge in [-0.05, 0) is 24.6 Å². The predicted molar refractivity (Wildman–Crippen MR) is 73.4 cm³/mol. The van der Waals surface area contributed by atoms with Gasteiger partial charge in [-0.25, -0.2) is 0 Å². The zero-order valence-electron chi connectivity index (χ0n) is 10.2. The van der Waals surface area contributed by atoms with Gasteiger partial charge in [0.05, 0.1) is 11.6 Å². The second-order valence-corrected chi connectivity index (χ2v) is 4.21. The fourth-order valence-electron chi connectivity index (χ4n) is 1.58. The summed E-state index contributed by atoms with van der Waals surface area (Å²) in [6.45, 7) is 3.06. The number of benzene rings is 2. The molecule has 0 aliphatic heterocycles. The van der Waals surface area contributed by atoms with Gasteiger partial charge in [0.1, 0.15) is 18.1 Å². The molecule has 0 amide bonds. The molecule has 0 saturated heterocycles. The van der Waals surface area contributed by atoms with Crippen LogP contribution in [-0.4, -0.2) is 6.61 Å². The molecular formula is C15H15ClO2. The maximum absolute atomic E-state index is 6.08. The van der Waals surface area contributed by atoms with Crippen molar-refractivity contribution in [2.45, 2.75) is 13.5 Å². The van der Waals surface area contributed by atoms with Crippen LogP contribution in [0.3, 0.4) is 0 Å². The van der Waals surface area contributed by atoms with E-state index in [9.17, 15) is 0 Å². The maximum Gasteiger partial charge on any atom is 0.138 e. The Morgan fingerprint density at radius 3 is 2.44 bits per heavy atom. The van der Waals surface area contributed by atoms with Crippen LogP contribution in [0.15, 0.2) is 48.5 Å². The van der Waals surface area contributed by atoms with Gasteiger partial charge in [0, 0.05) is 6.07 Å². The molecule has 0 heterocycles. The third-order valence-corrected chi connectivity index (χ3v) is 2.75. The third kappa shape index (κ3) is 3.41. The maximum atomic E-state index is 6.08. The molecule has 2 aromatic rings. The zero-order valence-corrected chi connectivity index (χ0v) is 11.0. The molecule has 0 aliphatic carbocycles. The average molecular weight is 263 g/mol. The van der Waals surface area contributed by atoms with Crippen molar-refractivity contribution in [2.75, 3.05) is 6.61 Å². The van der Waals surface area contributed by atoms with Crippen molar-refractivity contribution in [1.29, 1.82) is 0 Å². The molecule has 18 heavy (non-hydrogen) atoms. The Morgan fingerprint density at radius 2 is 1.78 bits per heavy atom. The Morgan fingerprint density at radius 1 is 1.00 bits per heavy atom. The van der Waals surface area contributed by atoms with E-state index >= 15 is 0 Å². The Kier molecular flexibility index (Phi) is 4.48. The van der Waals surface area contributed by atoms with Crippen molar-refractivity contribution >= 4 is 11.6 Å². The van der Waals surface area contributed by atoms with Gasteiger partial charge in [0.2, 0.25) is 0 Å². The van der Waals surface area contributed by atoms with Crippen LogP contribution in [0.2, 0.25) is 5.02 Å². The average Bonchev–Trinajstić information content (AvgIpc) is 2.41. The molecule has 3 heteroatoms. The van der Waals surface area contributed by atoms with Gasteiger partial charge in [-0.1, -0.05) is 41.9 Å². The predicted octanol–water partition coefficient (Wildman–Crippen LogP) is 4.32. The smallest absolute Gasteiger partial charge is 0.138 e. The molecule has 0 bridgehead atoms. The van der Waals surface area contributed by atoms with E-state index < -0.39 is 0 Å². The van der Waals surface area contributed by atoms with E-state index in [-0.39, 0.29) is 0 Å². The lowest BCUT2D eigenvalue weighted by Gasteiger charge is -2.09. The monoisotopic (exact) mass is 262 g/mol. The number of hydrogen-bond acceptors (Lipinski definition) is 2. The first kappa shape index (κ1) is 12.8. The van der Waals surface area contributed by atoms with Crippen molar-refractivity contribution in [3.63, 3.8) is 0 Å². The highest BCUT2D eigenvalue weighted by Gasteiger charge is 2.03. The van der Waals surface area contributed by atoms with Gasteiger partial charge in [-0.15, -0.1) is 0 Å². The lowest BCUT2D eigenvalue weighted by Crippen LogP contribution is -1.96. The highest BCUT2D eigenvalue weighted by atomic mass is 35.5. The molecular weight excluding hydrogens is 248 g/mol. The van der Waals surface area contributed by atoms with E-state index in [0.717, 1.165) is 11.3 Å². The summed E-state index contributed by atoms with van der Waals surface area (Å²) in [6, 6.07) is 15.5. The summed E-state index contributed by atoms with van der Waals surface area (Å²) < 4.78 is 11.0. The van der Waals surface area contributed by atoms with Gasteiger partial charge < -0.3 is 9.47 Å². The molecule has 0 fully saturated rings. The molecule has 0 atom stereocenters. The molecule has 0 radical (unpaired) electrons. The first-order valence-corrected chi connectivity index (χ1v) is 6.26. The van der Waals surface area contributed by atoms with Crippen molar-refractivity contribution in [3.05, 3.63) is 59.1 Å². The van der Waals surface area contributed by atoms with Crippen molar-refractivity contribution in [3.8, 4) is 11.5 Å². The largest absolute Gasteiger partial charge is 0.492 e. The van der Waals surface area contributed by atoms with E-state index in [2.05, 4.69) is 0 Å². The molecule has 94 valence electrons. The lowest BCUT2D eigenvalue weighted by atomic mass is 10.2. The molecule has 0 saturated carbocycles. The van der Waals surface area contributed by atoms with Crippen LogP contribution in [0.4, 0.5) is 0 Å². The summed E-state index contributed by atoms with van der Waals surface area (Å²) >= 11 is 6.08. The van der Waals surface area contributed by atoms with Gasteiger partial charge in [0.15, 0.2) is 0 Å². The standard InChI is InChI=1S/C15H15ClO2/c1-2-17-15-9-8-13(10-14(15)16)18-11-12-6-4-3-5-7-12/h3-10H,2,11H2,1H3. The summed E-state index contributed by atoms with van der Waals surface area (Å²) in [5, 5.41) is 0.572. The molecule has 0 N–H and O–H groups in total. The minimum atomic E-state index is 0.533. The minimum Gasteiger partial charge on any atom is -0.492 e. The summed E-state index contributed by atoms with van der Waals surface area (Å²) in [5.74, 6) is 1.43. The number of hydrogen-bond donors (Lipinski definition) is 0. The fraction of sp³-hybridized carbons (Fsp3) is 0.200. The van der Waals surface area contributed by atoms with E-state index in [1.165, 1.54) is 0 Å². The van der Waals surface area contributed by atoms with E-state index in [1.807, 2.05) is 49.4 Å². The van der Waals surface area contributed by atoms with Crippen LogP contribution in [-0.2, 0) is 6.61 Å². The second-order valence-electron chi connectivity index (χ2n) is 3.80. The van der Waals surface area contributed by atoms with Crippen LogP contribution in [0.1, 0.15) is 12.5 Å². The fourth-order valence-corrected chi connectivity index (χ4v) is 1.81. The third-order valence-electron chi connectivity index (χ3n) is 2.45. The Hall–Kier alpha value is -1.67. The van der Waals surface area contributed by atoms with Crippen LogP contribution in [0.5, 0.6) is 11.5 Å². The lowest BCUT2D eigenvalue weighted by molar-refractivity contribution is 0.304. The molecule has 2 nitrogen and oxygen atoms in total. The number of halogens is 1. The van der Waals surface area contributed by atoms with Gasteiger partial charge in [-0.3, -0.25) is 0 Å². The Labute approximate surface area is 112 Å². The van der Waals surface area contributed by atoms with Crippen molar-refractivity contribution < 1.29 is 9.47 Å². The Bertz CT molecular complexity index is 497. The molecule has 0 aliphatic rings. The summed E-state index contributed by atoms with van der Waals surface area (Å²) in [4.78, 5) is 0. The van der Waals surface area contributed by atoms with Crippen LogP contribution in [0.25, 0.3) is 0 Å². The first-order chi connectivity index (χ1) is 8.79. The van der Waals surface area contributed by atoms with Gasteiger partial charge >= 0.3 is 0 Å². The minimum absolute atomic E-state index is 0.533. The SMILES string of the molecule is CCOc1ccc(OCc2ccccc2)cc1Cl. The van der Waals surface area contributed by atoms with Crippen LogP contribution in [0, 0.1) is 0 Å². The van der Waals surface area contributed by atoms with Gasteiger partial charge in [0.25, 0.3) is 0 Å². The van der Waals surface area contributed by atoms with E-state index in [4.69, 9.17) is 21.1 Å². The quantitative estimate of drug-likeness (QED) is 0.799. The van der Waals surface area contributed by atoms with E-state index in [1.54, 1.807) is 6.07 Å². The number of rotatable bonds is 5. The van der Waals surface area contributed by atoms with Crippen molar-refractivity contribution in [2.24, 2.45) is 0 Å². The first-order valence-electron chi connectivity index (χ1n) is 5.88. The molecule has 0 aromatic heterocycles. The highest BCUT2D eigenvalue weighted by Crippen LogP contribution is 2.29. The number of ether oxygens (including phenoxy) is 2. The Balaban J connectivity index is 2.00. The van der Waals surface area contributed by atoms with E-state index in [0.29, 0.717) is 24.0 Å². The van der Waals surface area contributed by atoms with Crippen LogP contribution >= 0.6 is 11.6 Å². The van der Waals surface area contributed by atoms with Crippen molar-refractivity contribution in [1.82, 2.24) is 0 Å². The summed E-state index contributed by atoms with van der Waals surface area (Å²) in [5.41, 5.74) is 1.13. The normalized spacial score (nSPS) is 10.1.